The fourth-order valence-electron chi connectivity index (χ4n) is 2.78. The number of aliphatic hydroxyl groups is 1. The zero-order valence-corrected chi connectivity index (χ0v) is 14.1. The van der Waals surface area contributed by atoms with Crippen LogP contribution in [0.1, 0.15) is 44.2 Å². The molecule has 122 valence electrons. The molecule has 3 N–H and O–H groups in total. The third kappa shape index (κ3) is 4.77. The van der Waals surface area contributed by atoms with E-state index in [1.807, 2.05) is 13.0 Å². The van der Waals surface area contributed by atoms with Gasteiger partial charge in [0.2, 0.25) is 0 Å². The Hall–Kier alpha value is -0.970. The average molecular weight is 345 g/mol. The van der Waals surface area contributed by atoms with Crippen molar-refractivity contribution < 1.29 is 9.90 Å². The first-order valence-corrected chi connectivity index (χ1v) is 8.38. The fraction of sp³-hybridized carbons (Fsp3) is 0.562. The predicted molar refractivity (Wildman–Crippen MR) is 89.4 cm³/mol. The molecule has 0 aromatic heterocycles. The third-order valence-corrected chi connectivity index (χ3v) is 4.97. The van der Waals surface area contributed by atoms with Gasteiger partial charge in [-0.15, -0.1) is 0 Å². The van der Waals surface area contributed by atoms with E-state index >= 15 is 0 Å². The molecule has 6 heteroatoms. The highest BCUT2D eigenvalue weighted by Crippen LogP contribution is 2.26. The molecular weight excluding hydrogens is 323 g/mol. The van der Waals surface area contributed by atoms with Gasteiger partial charge in [0.05, 0.1) is 16.1 Å². The van der Waals surface area contributed by atoms with Crippen molar-refractivity contribution in [1.29, 1.82) is 0 Å². The molecule has 0 spiro atoms. The van der Waals surface area contributed by atoms with Crippen LogP contribution in [0.25, 0.3) is 0 Å². The summed E-state index contributed by atoms with van der Waals surface area (Å²) in [4.78, 5) is 12.1. The molecule has 1 fully saturated rings. The Morgan fingerprint density at radius 1 is 1.27 bits per heavy atom. The second-order valence-corrected chi connectivity index (χ2v) is 6.73. The quantitative estimate of drug-likeness (QED) is 0.775. The SMILES string of the molecule is CC(NC(=O)NC1CCC(CO)CC1)c1ccc(Cl)c(Cl)c1. The molecule has 0 saturated heterocycles. The standard InChI is InChI=1S/C16H22Cl2N2O2/c1-10(12-4-7-14(17)15(18)8-12)19-16(22)20-13-5-2-11(9-21)3-6-13/h4,7-8,10-11,13,21H,2-3,5-6,9H2,1H3,(H2,19,20,22). The Morgan fingerprint density at radius 2 is 1.95 bits per heavy atom. The van der Waals surface area contributed by atoms with Crippen molar-refractivity contribution in [3.05, 3.63) is 33.8 Å². The maximum Gasteiger partial charge on any atom is 0.315 e. The molecular formula is C16H22Cl2N2O2. The first kappa shape index (κ1) is 17.4. The van der Waals surface area contributed by atoms with Gasteiger partial charge in [-0.2, -0.15) is 0 Å². The lowest BCUT2D eigenvalue weighted by atomic mass is 9.87. The van der Waals surface area contributed by atoms with E-state index in [1.54, 1.807) is 12.1 Å². The summed E-state index contributed by atoms with van der Waals surface area (Å²) in [7, 11) is 0. The summed E-state index contributed by atoms with van der Waals surface area (Å²) in [6.45, 7) is 2.15. The lowest BCUT2D eigenvalue weighted by Gasteiger charge is -2.28. The minimum Gasteiger partial charge on any atom is -0.396 e. The zero-order chi connectivity index (χ0) is 16.1. The van der Waals surface area contributed by atoms with Gasteiger partial charge >= 0.3 is 6.03 Å². The van der Waals surface area contributed by atoms with Gasteiger partial charge in [-0.1, -0.05) is 29.3 Å². The molecule has 22 heavy (non-hydrogen) atoms. The van der Waals surface area contributed by atoms with Gasteiger partial charge in [-0.05, 0) is 56.2 Å². The van der Waals surface area contributed by atoms with Gasteiger partial charge in [0.25, 0.3) is 0 Å². The summed E-state index contributed by atoms with van der Waals surface area (Å²) >= 11 is 11.9. The van der Waals surface area contributed by atoms with Gasteiger partial charge < -0.3 is 15.7 Å². The molecule has 0 bridgehead atoms. The van der Waals surface area contributed by atoms with Crippen LogP contribution in [0.4, 0.5) is 4.79 Å². The Morgan fingerprint density at radius 3 is 2.55 bits per heavy atom. The van der Waals surface area contributed by atoms with Crippen LogP contribution in [0.2, 0.25) is 10.0 Å². The highest BCUT2D eigenvalue weighted by atomic mass is 35.5. The van der Waals surface area contributed by atoms with E-state index in [4.69, 9.17) is 28.3 Å². The maximum atomic E-state index is 12.1. The molecule has 0 radical (unpaired) electrons. The van der Waals surface area contributed by atoms with Crippen molar-refractivity contribution in [1.82, 2.24) is 10.6 Å². The van der Waals surface area contributed by atoms with E-state index in [2.05, 4.69) is 10.6 Å². The number of amides is 2. The van der Waals surface area contributed by atoms with E-state index in [9.17, 15) is 4.79 Å². The van der Waals surface area contributed by atoms with Gasteiger partial charge in [0, 0.05) is 12.6 Å². The number of urea groups is 1. The molecule has 2 amide bonds. The minimum atomic E-state index is -0.175. The summed E-state index contributed by atoms with van der Waals surface area (Å²) < 4.78 is 0. The van der Waals surface area contributed by atoms with Crippen LogP contribution in [-0.4, -0.2) is 23.8 Å². The Labute approximate surface area is 141 Å². The van der Waals surface area contributed by atoms with Crippen molar-refractivity contribution in [3.8, 4) is 0 Å². The summed E-state index contributed by atoms with van der Waals surface area (Å²) in [5.74, 6) is 0.385. The summed E-state index contributed by atoms with van der Waals surface area (Å²) in [5, 5.41) is 16.0. The first-order valence-electron chi connectivity index (χ1n) is 7.62. The monoisotopic (exact) mass is 344 g/mol. The highest BCUT2D eigenvalue weighted by Gasteiger charge is 2.22. The van der Waals surface area contributed by atoms with E-state index in [1.165, 1.54) is 0 Å². The van der Waals surface area contributed by atoms with Crippen molar-refractivity contribution >= 4 is 29.2 Å². The van der Waals surface area contributed by atoms with Crippen molar-refractivity contribution in [3.63, 3.8) is 0 Å². The van der Waals surface area contributed by atoms with Crippen LogP contribution in [0.15, 0.2) is 18.2 Å². The number of hydrogen-bond acceptors (Lipinski definition) is 2. The highest BCUT2D eigenvalue weighted by molar-refractivity contribution is 6.42. The van der Waals surface area contributed by atoms with Gasteiger partial charge in [0.1, 0.15) is 0 Å². The lowest BCUT2D eigenvalue weighted by molar-refractivity contribution is 0.174. The molecule has 1 aliphatic carbocycles. The topological polar surface area (TPSA) is 61.4 Å². The van der Waals surface area contributed by atoms with Crippen LogP contribution in [0.3, 0.4) is 0 Å². The van der Waals surface area contributed by atoms with E-state index < -0.39 is 0 Å². The molecule has 0 aliphatic heterocycles. The summed E-state index contributed by atoms with van der Waals surface area (Å²) in [6.07, 6.45) is 3.76. The van der Waals surface area contributed by atoms with Gasteiger partial charge in [-0.25, -0.2) is 4.79 Å². The molecule has 1 atom stereocenters. The van der Waals surface area contributed by atoms with Crippen LogP contribution < -0.4 is 10.6 Å². The number of rotatable bonds is 4. The molecule has 0 heterocycles. The van der Waals surface area contributed by atoms with E-state index in [-0.39, 0.29) is 24.7 Å². The van der Waals surface area contributed by atoms with Crippen molar-refractivity contribution in [2.45, 2.75) is 44.7 Å². The normalized spacial score (nSPS) is 22.9. The van der Waals surface area contributed by atoms with Crippen LogP contribution in [0.5, 0.6) is 0 Å². The number of nitrogens with one attached hydrogen (secondary N) is 2. The van der Waals surface area contributed by atoms with Crippen LogP contribution in [-0.2, 0) is 0 Å². The number of carbonyl (C=O) groups excluding carboxylic acids is 1. The predicted octanol–water partition coefficient (Wildman–Crippen LogP) is 3.90. The Bertz CT molecular complexity index is 517. The molecule has 2 rings (SSSR count). The van der Waals surface area contributed by atoms with Gasteiger partial charge in [-0.3, -0.25) is 0 Å². The molecule has 1 aromatic carbocycles. The van der Waals surface area contributed by atoms with Crippen LogP contribution >= 0.6 is 23.2 Å². The van der Waals surface area contributed by atoms with Gasteiger partial charge in [0.15, 0.2) is 0 Å². The maximum absolute atomic E-state index is 12.1. The fourth-order valence-corrected chi connectivity index (χ4v) is 3.08. The average Bonchev–Trinajstić information content (AvgIpc) is 2.50. The second kappa shape index (κ2) is 8.04. The largest absolute Gasteiger partial charge is 0.396 e. The zero-order valence-electron chi connectivity index (χ0n) is 12.6. The number of halogens is 2. The lowest BCUT2D eigenvalue weighted by Crippen LogP contribution is -2.44. The molecule has 1 aromatic rings. The Kier molecular flexibility index (Phi) is 6.36. The summed E-state index contributed by atoms with van der Waals surface area (Å²) in [6, 6.07) is 5.21. The second-order valence-electron chi connectivity index (χ2n) is 5.91. The molecule has 1 saturated carbocycles. The van der Waals surface area contributed by atoms with Crippen molar-refractivity contribution in [2.24, 2.45) is 5.92 Å². The third-order valence-electron chi connectivity index (χ3n) is 4.23. The molecule has 1 unspecified atom stereocenters. The molecule has 4 nitrogen and oxygen atoms in total. The smallest absolute Gasteiger partial charge is 0.315 e. The number of benzene rings is 1. The first-order chi connectivity index (χ1) is 10.5. The van der Waals surface area contributed by atoms with E-state index in [0.717, 1.165) is 31.2 Å². The van der Waals surface area contributed by atoms with Crippen molar-refractivity contribution in [2.75, 3.05) is 6.61 Å². The Balaban J connectivity index is 1.82. The number of aliphatic hydroxyl groups excluding tert-OH is 1. The minimum absolute atomic E-state index is 0.149. The number of hydrogen-bond donors (Lipinski definition) is 3. The number of carbonyl (C=O) groups is 1. The molecule has 1 aliphatic rings. The van der Waals surface area contributed by atoms with E-state index in [0.29, 0.717) is 16.0 Å². The van der Waals surface area contributed by atoms with Crippen LogP contribution in [0, 0.1) is 5.92 Å². The summed E-state index contributed by atoms with van der Waals surface area (Å²) in [5.41, 5.74) is 0.911.